The van der Waals surface area contributed by atoms with Gasteiger partial charge in [-0.15, -0.1) is 6.58 Å². The summed E-state index contributed by atoms with van der Waals surface area (Å²) >= 11 is 0. The predicted octanol–water partition coefficient (Wildman–Crippen LogP) is 7.88. The molecular weight excluding hydrogens is 300 g/mol. The van der Waals surface area contributed by atoms with Gasteiger partial charge in [-0.1, -0.05) is 46.1 Å². The standard InChI is InChI=1S/C25H44/c1-5-6-7-21-9-11-22(12-10-21)23-13-15-24(16-14-23)25-17-8-18(2)19(3)20(25)4/h5,18-25H,1,6-17H2,2-4H3. The van der Waals surface area contributed by atoms with Crippen molar-refractivity contribution in [3.05, 3.63) is 12.7 Å². The van der Waals surface area contributed by atoms with E-state index < -0.39 is 0 Å². The van der Waals surface area contributed by atoms with Crippen molar-refractivity contribution in [1.29, 1.82) is 0 Å². The van der Waals surface area contributed by atoms with Gasteiger partial charge in [0.2, 0.25) is 0 Å². The number of allylic oxidation sites excluding steroid dienone is 1. The zero-order valence-electron chi connectivity index (χ0n) is 17.4. The van der Waals surface area contributed by atoms with Crippen molar-refractivity contribution in [1.82, 2.24) is 0 Å². The average molecular weight is 345 g/mol. The van der Waals surface area contributed by atoms with Gasteiger partial charge in [-0.2, -0.15) is 0 Å². The lowest BCUT2D eigenvalue weighted by Crippen LogP contribution is -2.36. The molecule has 0 bridgehead atoms. The molecule has 3 fully saturated rings. The smallest absolute Gasteiger partial charge is 0.0351 e. The molecule has 25 heavy (non-hydrogen) atoms. The highest BCUT2D eigenvalue weighted by Crippen LogP contribution is 2.49. The minimum Gasteiger partial charge on any atom is -0.103 e. The van der Waals surface area contributed by atoms with E-state index in [0.29, 0.717) is 0 Å². The van der Waals surface area contributed by atoms with Crippen LogP contribution >= 0.6 is 0 Å². The first kappa shape index (κ1) is 19.5. The van der Waals surface area contributed by atoms with Crippen LogP contribution in [0.15, 0.2) is 12.7 Å². The van der Waals surface area contributed by atoms with Crippen LogP contribution in [0, 0.1) is 47.3 Å². The summed E-state index contributed by atoms with van der Waals surface area (Å²) < 4.78 is 0. The second-order valence-electron chi connectivity index (χ2n) is 10.3. The highest BCUT2D eigenvalue weighted by atomic mass is 14.4. The maximum atomic E-state index is 3.89. The van der Waals surface area contributed by atoms with Crippen LogP contribution in [0.1, 0.15) is 97.8 Å². The normalized spacial score (nSPS) is 45.9. The van der Waals surface area contributed by atoms with E-state index in [1.54, 1.807) is 25.7 Å². The maximum absolute atomic E-state index is 3.89. The van der Waals surface area contributed by atoms with E-state index in [1.165, 1.54) is 51.4 Å². The van der Waals surface area contributed by atoms with Crippen molar-refractivity contribution in [3.63, 3.8) is 0 Å². The molecule has 0 N–H and O–H groups in total. The lowest BCUT2D eigenvalue weighted by molar-refractivity contribution is 0.0462. The van der Waals surface area contributed by atoms with Crippen LogP contribution in [-0.2, 0) is 0 Å². The number of hydrogen-bond acceptors (Lipinski definition) is 0. The van der Waals surface area contributed by atoms with E-state index in [1.807, 2.05) is 0 Å². The van der Waals surface area contributed by atoms with Gasteiger partial charge in [-0.05, 0) is 105 Å². The lowest BCUT2D eigenvalue weighted by atomic mass is 9.60. The Balaban J connectivity index is 1.43. The van der Waals surface area contributed by atoms with Crippen molar-refractivity contribution < 1.29 is 0 Å². The van der Waals surface area contributed by atoms with Crippen molar-refractivity contribution in [3.8, 4) is 0 Å². The fourth-order valence-electron chi connectivity index (χ4n) is 6.90. The summed E-state index contributed by atoms with van der Waals surface area (Å²) in [5.41, 5.74) is 0. The molecule has 3 aliphatic rings. The quantitative estimate of drug-likeness (QED) is 0.445. The molecule has 0 heteroatoms. The molecule has 0 aromatic heterocycles. The zero-order chi connectivity index (χ0) is 17.8. The maximum Gasteiger partial charge on any atom is -0.0351 e. The largest absolute Gasteiger partial charge is 0.103 e. The summed E-state index contributed by atoms with van der Waals surface area (Å²) in [6.45, 7) is 11.5. The zero-order valence-corrected chi connectivity index (χ0v) is 17.4. The van der Waals surface area contributed by atoms with E-state index in [-0.39, 0.29) is 0 Å². The van der Waals surface area contributed by atoms with Gasteiger partial charge in [0.1, 0.15) is 0 Å². The van der Waals surface area contributed by atoms with Gasteiger partial charge < -0.3 is 0 Å². The lowest BCUT2D eigenvalue weighted by Gasteiger charge is -2.45. The van der Waals surface area contributed by atoms with Crippen LogP contribution in [0.4, 0.5) is 0 Å². The molecule has 0 saturated heterocycles. The van der Waals surface area contributed by atoms with E-state index in [0.717, 1.165) is 47.3 Å². The molecule has 3 rings (SSSR count). The summed E-state index contributed by atoms with van der Waals surface area (Å²) in [5.74, 6) is 8.13. The molecule has 0 aromatic carbocycles. The Morgan fingerprint density at radius 2 is 1.24 bits per heavy atom. The molecule has 3 saturated carbocycles. The van der Waals surface area contributed by atoms with Gasteiger partial charge >= 0.3 is 0 Å². The van der Waals surface area contributed by atoms with Crippen molar-refractivity contribution in [2.24, 2.45) is 47.3 Å². The molecular formula is C25H44. The third kappa shape index (κ3) is 4.72. The Morgan fingerprint density at radius 1 is 0.680 bits per heavy atom. The Labute approximate surface area is 158 Å². The van der Waals surface area contributed by atoms with Crippen LogP contribution in [0.5, 0.6) is 0 Å². The molecule has 144 valence electrons. The first-order chi connectivity index (χ1) is 12.1. The second-order valence-corrected chi connectivity index (χ2v) is 10.3. The summed E-state index contributed by atoms with van der Waals surface area (Å²) in [6, 6.07) is 0. The summed E-state index contributed by atoms with van der Waals surface area (Å²) in [4.78, 5) is 0. The molecule has 0 heterocycles. The Hall–Kier alpha value is -0.260. The van der Waals surface area contributed by atoms with Gasteiger partial charge in [-0.25, -0.2) is 0 Å². The third-order valence-corrected chi connectivity index (χ3v) is 9.12. The molecule has 0 amide bonds. The van der Waals surface area contributed by atoms with Crippen molar-refractivity contribution >= 4 is 0 Å². The fraction of sp³-hybridized carbons (Fsp3) is 0.920. The fourth-order valence-corrected chi connectivity index (χ4v) is 6.90. The van der Waals surface area contributed by atoms with Crippen molar-refractivity contribution in [2.75, 3.05) is 0 Å². The third-order valence-electron chi connectivity index (χ3n) is 9.12. The summed E-state index contributed by atoms with van der Waals surface area (Å²) in [5, 5.41) is 0. The van der Waals surface area contributed by atoms with Gasteiger partial charge in [0.25, 0.3) is 0 Å². The molecule has 0 radical (unpaired) electrons. The Morgan fingerprint density at radius 3 is 1.84 bits per heavy atom. The highest BCUT2D eigenvalue weighted by Gasteiger charge is 2.39. The van der Waals surface area contributed by atoms with Gasteiger partial charge in [0, 0.05) is 0 Å². The van der Waals surface area contributed by atoms with Gasteiger partial charge in [0.15, 0.2) is 0 Å². The minimum absolute atomic E-state index is 0.947. The van der Waals surface area contributed by atoms with E-state index in [4.69, 9.17) is 0 Å². The molecule has 4 unspecified atom stereocenters. The molecule has 0 nitrogen and oxygen atoms in total. The van der Waals surface area contributed by atoms with Crippen molar-refractivity contribution in [2.45, 2.75) is 97.8 Å². The first-order valence-electron chi connectivity index (χ1n) is 11.7. The molecule has 0 aliphatic heterocycles. The first-order valence-corrected chi connectivity index (χ1v) is 11.7. The molecule has 4 atom stereocenters. The van der Waals surface area contributed by atoms with Gasteiger partial charge in [-0.3, -0.25) is 0 Å². The van der Waals surface area contributed by atoms with E-state index in [2.05, 4.69) is 33.4 Å². The SMILES string of the molecule is C=CCCC1CCC(C2CCC(C3CCC(C)C(C)C3C)CC2)CC1. The molecule has 0 spiro atoms. The van der Waals surface area contributed by atoms with Crippen LogP contribution in [0.2, 0.25) is 0 Å². The Kier molecular flexibility index (Phi) is 7.09. The minimum atomic E-state index is 0.947. The summed E-state index contributed by atoms with van der Waals surface area (Å²) in [6.07, 6.45) is 20.1. The number of hydrogen-bond donors (Lipinski definition) is 0. The number of rotatable bonds is 5. The van der Waals surface area contributed by atoms with Gasteiger partial charge in [0.05, 0.1) is 0 Å². The van der Waals surface area contributed by atoms with Crippen LogP contribution in [0.25, 0.3) is 0 Å². The van der Waals surface area contributed by atoms with E-state index >= 15 is 0 Å². The van der Waals surface area contributed by atoms with E-state index in [9.17, 15) is 0 Å². The van der Waals surface area contributed by atoms with Crippen LogP contribution < -0.4 is 0 Å². The highest BCUT2D eigenvalue weighted by molar-refractivity contribution is 4.89. The van der Waals surface area contributed by atoms with Crippen LogP contribution in [0.3, 0.4) is 0 Å². The topological polar surface area (TPSA) is 0 Å². The molecule has 0 aromatic rings. The summed E-state index contributed by atoms with van der Waals surface area (Å²) in [7, 11) is 0. The second kappa shape index (κ2) is 9.09. The Bertz CT molecular complexity index is 394. The average Bonchev–Trinajstić information content (AvgIpc) is 2.65. The predicted molar refractivity (Wildman–Crippen MR) is 111 cm³/mol. The molecule has 3 aliphatic carbocycles. The van der Waals surface area contributed by atoms with Crippen LogP contribution in [-0.4, -0.2) is 0 Å². The monoisotopic (exact) mass is 344 g/mol.